The molecule has 3 aromatic rings. The van der Waals surface area contributed by atoms with E-state index in [1.807, 2.05) is 0 Å². The van der Waals surface area contributed by atoms with Crippen molar-refractivity contribution in [3.63, 3.8) is 0 Å². The number of carbonyl (C=O) groups is 2. The molecule has 5 rings (SSSR count). The molecule has 0 bridgehead atoms. The zero-order chi connectivity index (χ0) is 26.8. The maximum absolute atomic E-state index is 12.6. The Balaban J connectivity index is 1.53. The highest BCUT2D eigenvalue weighted by molar-refractivity contribution is 5.97. The zero-order valence-electron chi connectivity index (χ0n) is 21.7. The van der Waals surface area contributed by atoms with Gasteiger partial charge in [0.25, 0.3) is 0 Å². The van der Waals surface area contributed by atoms with Crippen molar-refractivity contribution in [3.8, 4) is 6.07 Å². The maximum atomic E-state index is 12.6. The Bertz CT molecular complexity index is 1460. The van der Waals surface area contributed by atoms with Crippen molar-refractivity contribution in [1.82, 2.24) is 14.9 Å². The predicted octanol–water partition coefficient (Wildman–Crippen LogP) is 3.40. The molecule has 0 spiro atoms. The SMILES string of the molecule is C=CC(=O)N1CCN(c2nc(C(=O)OC)nc3c2CCN(c2cccc4cccc(C)c24)C3)C[C@@H]1CC#N. The number of ether oxygens (including phenoxy) is 1. The van der Waals surface area contributed by atoms with Crippen LogP contribution in [0.3, 0.4) is 0 Å². The maximum Gasteiger partial charge on any atom is 0.376 e. The Morgan fingerprint density at radius 3 is 2.68 bits per heavy atom. The quantitative estimate of drug-likeness (QED) is 0.380. The van der Waals surface area contributed by atoms with Crippen molar-refractivity contribution in [2.75, 3.05) is 43.1 Å². The molecule has 1 saturated heterocycles. The van der Waals surface area contributed by atoms with E-state index in [1.165, 1.54) is 29.5 Å². The van der Waals surface area contributed by atoms with Gasteiger partial charge in [-0.1, -0.05) is 36.9 Å². The first-order chi connectivity index (χ1) is 18.4. The summed E-state index contributed by atoms with van der Waals surface area (Å²) in [6.45, 7) is 8.41. The van der Waals surface area contributed by atoms with Crippen LogP contribution in [0.2, 0.25) is 0 Å². The van der Waals surface area contributed by atoms with Crippen LogP contribution < -0.4 is 9.80 Å². The second kappa shape index (κ2) is 10.5. The smallest absolute Gasteiger partial charge is 0.376 e. The van der Waals surface area contributed by atoms with E-state index in [-0.39, 0.29) is 24.2 Å². The number of benzene rings is 2. The van der Waals surface area contributed by atoms with E-state index in [0.29, 0.717) is 38.4 Å². The van der Waals surface area contributed by atoms with Crippen LogP contribution in [0.15, 0.2) is 49.1 Å². The number of nitrogens with zero attached hydrogens (tertiary/aromatic N) is 6. The van der Waals surface area contributed by atoms with Gasteiger partial charge in [0.05, 0.1) is 37.9 Å². The number of aryl methyl sites for hydroxylation is 1. The molecule has 2 aliphatic rings. The molecule has 1 aromatic heterocycles. The van der Waals surface area contributed by atoms with Crippen LogP contribution in [-0.2, 0) is 22.5 Å². The average molecular weight is 511 g/mol. The van der Waals surface area contributed by atoms with E-state index < -0.39 is 5.97 Å². The molecular formula is C29H30N6O3. The number of hydrogen-bond acceptors (Lipinski definition) is 8. The summed E-state index contributed by atoms with van der Waals surface area (Å²) < 4.78 is 4.97. The summed E-state index contributed by atoms with van der Waals surface area (Å²) in [7, 11) is 1.32. The van der Waals surface area contributed by atoms with Crippen molar-refractivity contribution in [2.24, 2.45) is 0 Å². The number of amides is 1. The van der Waals surface area contributed by atoms with Crippen molar-refractivity contribution in [1.29, 1.82) is 5.26 Å². The third kappa shape index (κ3) is 4.54. The van der Waals surface area contributed by atoms with Gasteiger partial charge in [0.2, 0.25) is 11.7 Å². The number of rotatable bonds is 5. The van der Waals surface area contributed by atoms with Gasteiger partial charge in [0.1, 0.15) is 5.82 Å². The van der Waals surface area contributed by atoms with Gasteiger partial charge in [0.15, 0.2) is 0 Å². The summed E-state index contributed by atoms with van der Waals surface area (Å²) in [5.74, 6) is -0.0939. The second-order valence-corrected chi connectivity index (χ2v) is 9.61. The van der Waals surface area contributed by atoms with Crippen LogP contribution in [0.1, 0.15) is 33.9 Å². The van der Waals surface area contributed by atoms with Gasteiger partial charge in [0, 0.05) is 42.8 Å². The monoisotopic (exact) mass is 510 g/mol. The molecule has 2 aromatic carbocycles. The van der Waals surface area contributed by atoms with Gasteiger partial charge in [-0.3, -0.25) is 4.79 Å². The number of carbonyl (C=O) groups excluding carboxylic acids is 2. The largest absolute Gasteiger partial charge is 0.463 e. The molecule has 0 radical (unpaired) electrons. The average Bonchev–Trinajstić information content (AvgIpc) is 2.95. The summed E-state index contributed by atoms with van der Waals surface area (Å²) in [6.07, 6.45) is 2.18. The summed E-state index contributed by atoms with van der Waals surface area (Å²) in [4.78, 5) is 40.3. The third-order valence-corrected chi connectivity index (χ3v) is 7.41. The third-order valence-electron chi connectivity index (χ3n) is 7.41. The van der Waals surface area contributed by atoms with Crippen LogP contribution in [0, 0.1) is 18.3 Å². The molecular weight excluding hydrogens is 480 g/mol. The number of hydrogen-bond donors (Lipinski definition) is 0. The van der Waals surface area contributed by atoms with E-state index in [9.17, 15) is 14.9 Å². The van der Waals surface area contributed by atoms with Crippen LogP contribution >= 0.6 is 0 Å². The zero-order valence-corrected chi connectivity index (χ0v) is 21.7. The first-order valence-corrected chi connectivity index (χ1v) is 12.7. The topological polar surface area (TPSA) is 103 Å². The fourth-order valence-corrected chi connectivity index (χ4v) is 5.56. The van der Waals surface area contributed by atoms with Crippen LogP contribution in [0.4, 0.5) is 11.5 Å². The lowest BCUT2D eigenvalue weighted by molar-refractivity contribution is -0.128. The fourth-order valence-electron chi connectivity index (χ4n) is 5.56. The minimum Gasteiger partial charge on any atom is -0.463 e. The molecule has 1 amide bonds. The van der Waals surface area contributed by atoms with E-state index in [0.717, 1.165) is 23.5 Å². The highest BCUT2D eigenvalue weighted by Crippen LogP contribution is 2.35. The van der Waals surface area contributed by atoms with Crippen LogP contribution in [-0.4, -0.2) is 66.1 Å². The number of fused-ring (bicyclic) bond motifs is 2. The number of anilines is 2. The molecule has 38 heavy (non-hydrogen) atoms. The second-order valence-electron chi connectivity index (χ2n) is 9.61. The lowest BCUT2D eigenvalue weighted by Gasteiger charge is -2.42. The lowest BCUT2D eigenvalue weighted by Crippen LogP contribution is -2.55. The molecule has 9 nitrogen and oxygen atoms in total. The van der Waals surface area contributed by atoms with Gasteiger partial charge in [-0.05, 0) is 36.4 Å². The molecule has 0 aliphatic carbocycles. The van der Waals surface area contributed by atoms with E-state index in [2.05, 4.69) is 75.7 Å². The number of nitriles is 1. The van der Waals surface area contributed by atoms with Gasteiger partial charge in [-0.2, -0.15) is 5.26 Å². The Morgan fingerprint density at radius 2 is 1.95 bits per heavy atom. The molecule has 1 fully saturated rings. The predicted molar refractivity (Wildman–Crippen MR) is 145 cm³/mol. The molecule has 2 aliphatic heterocycles. The van der Waals surface area contributed by atoms with Crippen molar-refractivity contribution in [2.45, 2.75) is 32.4 Å². The van der Waals surface area contributed by atoms with Gasteiger partial charge < -0.3 is 19.4 Å². The Morgan fingerprint density at radius 1 is 1.16 bits per heavy atom. The Labute approximate surface area is 221 Å². The molecule has 3 heterocycles. The Kier molecular flexibility index (Phi) is 6.97. The summed E-state index contributed by atoms with van der Waals surface area (Å²) in [5.41, 5.74) is 4.12. The van der Waals surface area contributed by atoms with Crippen molar-refractivity contribution < 1.29 is 14.3 Å². The molecule has 1 atom stereocenters. The molecule has 194 valence electrons. The standard InChI is InChI=1S/C29H30N6O3/c1-4-25(36)35-16-15-34(17-21(35)11-13-30)28-22-12-14-33(18-23(22)31-27(32-28)29(37)38-3)24-10-6-9-20-8-5-7-19(2)26(20)24/h4-10,21H,1,11-12,14-18H2,2-3H3/t21-/m0/s1. The normalized spacial score (nSPS) is 17.1. The lowest BCUT2D eigenvalue weighted by atomic mass is 9.99. The highest BCUT2D eigenvalue weighted by atomic mass is 16.5. The van der Waals surface area contributed by atoms with Crippen LogP contribution in [0.25, 0.3) is 10.8 Å². The van der Waals surface area contributed by atoms with Gasteiger partial charge >= 0.3 is 5.97 Å². The van der Waals surface area contributed by atoms with Crippen molar-refractivity contribution in [3.05, 3.63) is 71.7 Å². The van der Waals surface area contributed by atoms with E-state index >= 15 is 0 Å². The summed E-state index contributed by atoms with van der Waals surface area (Å²) in [5, 5.41) is 11.8. The first kappa shape index (κ1) is 25.2. The minimum absolute atomic E-state index is 0.0126. The number of aromatic nitrogens is 2. The first-order valence-electron chi connectivity index (χ1n) is 12.7. The minimum atomic E-state index is -0.596. The number of esters is 1. The molecule has 9 heteroatoms. The summed E-state index contributed by atoms with van der Waals surface area (Å²) >= 11 is 0. The van der Waals surface area contributed by atoms with E-state index in [4.69, 9.17) is 4.74 Å². The van der Waals surface area contributed by atoms with E-state index in [1.54, 1.807) is 4.90 Å². The number of piperazine rings is 1. The van der Waals surface area contributed by atoms with Gasteiger partial charge in [-0.25, -0.2) is 14.8 Å². The number of methoxy groups -OCH3 is 1. The van der Waals surface area contributed by atoms with Crippen LogP contribution in [0.5, 0.6) is 0 Å². The summed E-state index contributed by atoms with van der Waals surface area (Å²) in [6, 6.07) is 14.5. The molecule has 0 unspecified atom stereocenters. The van der Waals surface area contributed by atoms with Crippen molar-refractivity contribution >= 4 is 34.2 Å². The highest BCUT2D eigenvalue weighted by Gasteiger charge is 2.33. The fraction of sp³-hybridized carbons (Fsp3) is 0.345. The van der Waals surface area contributed by atoms with Gasteiger partial charge in [-0.15, -0.1) is 0 Å². The Hall–Kier alpha value is -4.45. The molecule has 0 saturated carbocycles. The molecule has 0 N–H and O–H groups in total.